The van der Waals surface area contributed by atoms with Gasteiger partial charge in [-0.15, -0.1) is 0 Å². The van der Waals surface area contributed by atoms with Gasteiger partial charge in [-0.25, -0.2) is 0 Å². The van der Waals surface area contributed by atoms with Crippen LogP contribution in [0.3, 0.4) is 0 Å². The quantitative estimate of drug-likeness (QED) is 0.419. The highest BCUT2D eigenvalue weighted by atomic mass is 19.4. The first-order valence-corrected chi connectivity index (χ1v) is 6.65. The second-order valence-electron chi connectivity index (χ2n) is 4.79. The third-order valence-electron chi connectivity index (χ3n) is 3.03. The molecular weight excluding hydrogens is 336 g/mol. The molecule has 0 radical (unpaired) electrons. The highest BCUT2D eigenvalue weighted by Crippen LogP contribution is 2.32. The molecule has 2 rings (SSSR count). The Bertz CT molecular complexity index is 721. The van der Waals surface area contributed by atoms with Crippen LogP contribution in [0.5, 0.6) is 0 Å². The summed E-state index contributed by atoms with van der Waals surface area (Å²) >= 11 is 0. The monoisotopic (exact) mass is 347 g/mol. The Balaban J connectivity index is 2.04. The maximum atomic E-state index is 12.8. The van der Waals surface area contributed by atoms with E-state index in [-0.39, 0.29) is 11.1 Å². The summed E-state index contributed by atoms with van der Waals surface area (Å²) < 4.78 is 76.0. The number of oxime groups is 1. The van der Waals surface area contributed by atoms with E-state index in [1.54, 1.807) is 0 Å². The normalized spacial score (nSPS) is 12.6. The summed E-state index contributed by atoms with van der Waals surface area (Å²) in [7, 11) is 0. The Kier molecular flexibility index (Phi) is 5.16. The van der Waals surface area contributed by atoms with Crippen molar-refractivity contribution in [2.45, 2.75) is 19.0 Å². The Morgan fingerprint density at radius 1 is 0.875 bits per heavy atom. The highest BCUT2D eigenvalue weighted by Gasteiger charge is 2.33. The minimum atomic E-state index is -4.52. The lowest BCUT2D eigenvalue weighted by atomic mass is 10.1. The first-order chi connectivity index (χ1) is 11.2. The van der Waals surface area contributed by atoms with Crippen LogP contribution in [0.15, 0.2) is 53.7 Å². The maximum absolute atomic E-state index is 12.8. The molecule has 0 fully saturated rings. The van der Waals surface area contributed by atoms with Gasteiger partial charge in [0.25, 0.3) is 0 Å². The molecule has 2 nitrogen and oxygen atoms in total. The lowest BCUT2D eigenvalue weighted by molar-refractivity contribution is -0.139. The molecule has 8 heteroatoms. The maximum Gasteiger partial charge on any atom is 0.416 e. The van der Waals surface area contributed by atoms with E-state index in [2.05, 4.69) is 5.16 Å². The van der Waals surface area contributed by atoms with Crippen molar-refractivity contribution in [2.24, 2.45) is 5.16 Å². The molecule has 0 atom stereocenters. The van der Waals surface area contributed by atoms with Crippen molar-refractivity contribution in [3.05, 3.63) is 70.8 Å². The summed E-state index contributed by atoms with van der Waals surface area (Å²) in [5, 5.41) is 3.42. The molecule has 0 bridgehead atoms. The first-order valence-electron chi connectivity index (χ1n) is 6.65. The lowest BCUT2D eigenvalue weighted by Gasteiger charge is -2.11. The molecule has 2 aromatic carbocycles. The number of hydrogen-bond acceptors (Lipinski definition) is 2. The van der Waals surface area contributed by atoms with Crippen LogP contribution in [0.2, 0.25) is 0 Å². The van der Waals surface area contributed by atoms with Crippen molar-refractivity contribution >= 4 is 6.21 Å². The van der Waals surface area contributed by atoms with Crippen LogP contribution < -0.4 is 0 Å². The summed E-state index contributed by atoms with van der Waals surface area (Å²) in [6.45, 7) is -0.453. The topological polar surface area (TPSA) is 21.6 Å². The third kappa shape index (κ3) is 4.74. The van der Waals surface area contributed by atoms with Crippen LogP contribution in [0.4, 0.5) is 26.3 Å². The Labute approximate surface area is 133 Å². The smallest absolute Gasteiger partial charge is 0.391 e. The largest absolute Gasteiger partial charge is 0.416 e. The molecule has 0 aliphatic carbocycles. The van der Waals surface area contributed by atoms with E-state index >= 15 is 0 Å². The van der Waals surface area contributed by atoms with Crippen molar-refractivity contribution in [2.75, 3.05) is 0 Å². The van der Waals surface area contributed by atoms with E-state index in [0.29, 0.717) is 0 Å². The molecule has 0 aliphatic heterocycles. The number of hydrogen-bond donors (Lipinski definition) is 0. The number of nitrogens with zero attached hydrogens (tertiary/aromatic N) is 1. The molecule has 0 saturated carbocycles. The van der Waals surface area contributed by atoms with Gasteiger partial charge in [-0.3, -0.25) is 0 Å². The van der Waals surface area contributed by atoms with Crippen LogP contribution in [0.1, 0.15) is 22.3 Å². The van der Waals surface area contributed by atoms with Crippen molar-refractivity contribution < 1.29 is 31.2 Å². The van der Waals surface area contributed by atoms with E-state index < -0.39 is 30.1 Å². The minimum Gasteiger partial charge on any atom is -0.391 e. The van der Waals surface area contributed by atoms with Gasteiger partial charge in [-0.2, -0.15) is 26.3 Å². The summed E-state index contributed by atoms with van der Waals surface area (Å²) in [5.41, 5.74) is -1.70. The molecule has 0 saturated heterocycles. The predicted molar refractivity (Wildman–Crippen MR) is 75.3 cm³/mol. The fourth-order valence-corrected chi connectivity index (χ4v) is 1.92. The molecule has 0 unspecified atom stereocenters. The Morgan fingerprint density at radius 3 is 2.25 bits per heavy atom. The van der Waals surface area contributed by atoms with Gasteiger partial charge in [0.05, 0.1) is 17.3 Å². The van der Waals surface area contributed by atoms with E-state index in [1.807, 2.05) is 0 Å². The van der Waals surface area contributed by atoms with Crippen molar-refractivity contribution in [3.8, 4) is 0 Å². The fourth-order valence-electron chi connectivity index (χ4n) is 1.92. The zero-order valence-corrected chi connectivity index (χ0v) is 12.0. The van der Waals surface area contributed by atoms with Crippen molar-refractivity contribution in [1.29, 1.82) is 0 Å². The molecule has 128 valence electrons. The van der Waals surface area contributed by atoms with Crippen LogP contribution in [0, 0.1) is 0 Å². The van der Waals surface area contributed by atoms with Crippen molar-refractivity contribution in [3.63, 3.8) is 0 Å². The molecule has 0 heterocycles. The van der Waals surface area contributed by atoms with E-state index in [1.165, 1.54) is 30.3 Å². The zero-order chi connectivity index (χ0) is 17.8. The molecular formula is C16H11F6NO. The Morgan fingerprint density at radius 2 is 1.58 bits per heavy atom. The molecule has 0 amide bonds. The van der Waals surface area contributed by atoms with Crippen LogP contribution in [-0.2, 0) is 23.8 Å². The van der Waals surface area contributed by atoms with Gasteiger partial charge in [-0.1, -0.05) is 35.5 Å². The molecule has 0 N–H and O–H groups in total. The van der Waals surface area contributed by atoms with Gasteiger partial charge < -0.3 is 4.84 Å². The lowest BCUT2D eigenvalue weighted by Crippen LogP contribution is -2.09. The summed E-state index contributed by atoms with van der Waals surface area (Å²) in [4.78, 5) is 4.77. The van der Waals surface area contributed by atoms with Gasteiger partial charge in [-0.05, 0) is 23.8 Å². The third-order valence-corrected chi connectivity index (χ3v) is 3.03. The summed E-state index contributed by atoms with van der Waals surface area (Å²) in [5.74, 6) is 0. The zero-order valence-electron chi connectivity index (χ0n) is 12.0. The van der Waals surface area contributed by atoms with Crippen LogP contribution >= 0.6 is 0 Å². The number of benzene rings is 2. The molecule has 24 heavy (non-hydrogen) atoms. The van der Waals surface area contributed by atoms with Crippen LogP contribution in [-0.4, -0.2) is 6.21 Å². The molecule has 0 spiro atoms. The van der Waals surface area contributed by atoms with Gasteiger partial charge in [0.15, 0.2) is 0 Å². The van der Waals surface area contributed by atoms with Gasteiger partial charge in [0.1, 0.15) is 6.61 Å². The van der Waals surface area contributed by atoms with E-state index in [0.717, 1.165) is 24.4 Å². The standard InChI is InChI=1S/C16H11F6NO/c17-15(18,19)13-6-3-4-11(8-13)9-23-24-10-12-5-1-2-7-14(12)16(20,21)22/h1-9H,10H2. The molecule has 0 aliphatic rings. The van der Waals surface area contributed by atoms with Crippen molar-refractivity contribution in [1.82, 2.24) is 0 Å². The second kappa shape index (κ2) is 6.94. The minimum absolute atomic E-state index is 0.119. The first kappa shape index (κ1) is 17.8. The fraction of sp³-hybridized carbons (Fsp3) is 0.188. The molecule has 2 aromatic rings. The van der Waals surface area contributed by atoms with Gasteiger partial charge in [0.2, 0.25) is 0 Å². The number of rotatable bonds is 4. The number of halogens is 6. The Hall–Kier alpha value is -2.51. The summed E-state index contributed by atoms with van der Waals surface area (Å²) in [6.07, 6.45) is -8.01. The predicted octanol–water partition coefficient (Wildman–Crippen LogP) is 5.27. The average Bonchev–Trinajstić information content (AvgIpc) is 2.50. The SMILES string of the molecule is FC(F)(F)c1cccc(C=NOCc2ccccc2C(F)(F)F)c1. The number of alkyl halides is 6. The van der Waals surface area contributed by atoms with E-state index in [9.17, 15) is 26.3 Å². The van der Waals surface area contributed by atoms with Gasteiger partial charge in [0, 0.05) is 5.56 Å². The van der Waals surface area contributed by atoms with Crippen LogP contribution in [0.25, 0.3) is 0 Å². The van der Waals surface area contributed by atoms with Gasteiger partial charge >= 0.3 is 12.4 Å². The highest BCUT2D eigenvalue weighted by molar-refractivity contribution is 5.79. The summed E-state index contributed by atoms with van der Waals surface area (Å²) in [6, 6.07) is 9.14. The average molecular weight is 347 g/mol. The second-order valence-corrected chi connectivity index (χ2v) is 4.79. The molecule has 0 aromatic heterocycles. The van der Waals surface area contributed by atoms with E-state index in [4.69, 9.17) is 4.84 Å².